The molecule has 0 saturated heterocycles. The fourth-order valence-electron chi connectivity index (χ4n) is 2.71. The topological polar surface area (TPSA) is 92.1 Å². The van der Waals surface area contributed by atoms with Crippen molar-refractivity contribution in [1.29, 1.82) is 0 Å². The van der Waals surface area contributed by atoms with Crippen molar-refractivity contribution in [2.75, 3.05) is 6.54 Å². The number of halogens is 1. The normalized spacial score (nSPS) is 13.8. The van der Waals surface area contributed by atoms with Gasteiger partial charge in [0, 0.05) is 36.3 Å². The van der Waals surface area contributed by atoms with Crippen LogP contribution in [0.2, 0.25) is 0 Å². The van der Waals surface area contributed by atoms with E-state index >= 15 is 0 Å². The second-order valence-corrected chi connectivity index (χ2v) is 5.23. The molecule has 0 atom stereocenters. The lowest BCUT2D eigenvalue weighted by molar-refractivity contribution is -0.385. The first kappa shape index (κ1) is 14.2. The standard InChI is InChI=1S/C14H13FN4O3/c1-8-4-10(15)5-11(13(8)19(21)22)14(20)18-3-2-12-9(7-18)6-16-17-12/h4-6H,2-3,7H2,1H3,(H,16,17). The van der Waals surface area contributed by atoms with E-state index in [1.165, 1.54) is 11.8 Å². The highest BCUT2D eigenvalue weighted by Gasteiger charge is 2.30. The first-order valence-electron chi connectivity index (χ1n) is 6.72. The summed E-state index contributed by atoms with van der Waals surface area (Å²) in [5.74, 6) is -1.20. The third-order valence-corrected chi connectivity index (χ3v) is 3.77. The summed E-state index contributed by atoms with van der Waals surface area (Å²) in [4.78, 5) is 24.6. The van der Waals surface area contributed by atoms with Crippen LogP contribution in [0.1, 0.15) is 27.2 Å². The quantitative estimate of drug-likeness (QED) is 0.678. The summed E-state index contributed by atoms with van der Waals surface area (Å²) < 4.78 is 13.6. The van der Waals surface area contributed by atoms with Crippen molar-refractivity contribution in [2.45, 2.75) is 19.9 Å². The van der Waals surface area contributed by atoms with Crippen LogP contribution in [0.25, 0.3) is 0 Å². The Morgan fingerprint density at radius 3 is 3.00 bits per heavy atom. The zero-order valence-electron chi connectivity index (χ0n) is 11.8. The molecule has 7 nitrogen and oxygen atoms in total. The van der Waals surface area contributed by atoms with Crippen LogP contribution in [0.4, 0.5) is 10.1 Å². The predicted octanol–water partition coefficient (Wildman–Crippen LogP) is 1.96. The van der Waals surface area contributed by atoms with E-state index in [0.29, 0.717) is 19.5 Å². The second kappa shape index (κ2) is 5.21. The molecule has 2 aromatic rings. The second-order valence-electron chi connectivity index (χ2n) is 5.23. The van der Waals surface area contributed by atoms with E-state index in [1.807, 2.05) is 0 Å². The molecule has 2 heterocycles. The Morgan fingerprint density at radius 1 is 1.50 bits per heavy atom. The van der Waals surface area contributed by atoms with Gasteiger partial charge in [0.05, 0.1) is 11.1 Å². The Morgan fingerprint density at radius 2 is 2.27 bits per heavy atom. The van der Waals surface area contributed by atoms with E-state index in [0.717, 1.165) is 23.4 Å². The van der Waals surface area contributed by atoms with Crippen LogP contribution in [0, 0.1) is 22.9 Å². The van der Waals surface area contributed by atoms with Crippen LogP contribution in [-0.2, 0) is 13.0 Å². The van der Waals surface area contributed by atoms with Gasteiger partial charge in [0.1, 0.15) is 11.4 Å². The van der Waals surface area contributed by atoms with Crippen molar-refractivity contribution in [3.8, 4) is 0 Å². The van der Waals surface area contributed by atoms with Crippen LogP contribution in [0.15, 0.2) is 18.3 Å². The summed E-state index contributed by atoms with van der Waals surface area (Å²) in [6.07, 6.45) is 2.21. The maximum atomic E-state index is 13.6. The zero-order valence-corrected chi connectivity index (χ0v) is 11.8. The summed E-state index contributed by atoms with van der Waals surface area (Å²) in [5.41, 5.74) is 1.40. The molecular weight excluding hydrogens is 291 g/mol. The third kappa shape index (κ3) is 2.32. The molecule has 1 aliphatic heterocycles. The van der Waals surface area contributed by atoms with Gasteiger partial charge in [0.2, 0.25) is 0 Å². The van der Waals surface area contributed by atoms with Crippen LogP contribution in [0.3, 0.4) is 0 Å². The van der Waals surface area contributed by atoms with Gasteiger partial charge in [-0.15, -0.1) is 0 Å². The SMILES string of the molecule is Cc1cc(F)cc(C(=O)N2CCc3[nH]ncc3C2)c1[N+](=O)[O-]. The highest BCUT2D eigenvalue weighted by molar-refractivity contribution is 5.98. The molecule has 0 spiro atoms. The Bertz CT molecular complexity index is 771. The van der Waals surface area contributed by atoms with Gasteiger partial charge < -0.3 is 4.90 Å². The van der Waals surface area contributed by atoms with Crippen LogP contribution in [0.5, 0.6) is 0 Å². The van der Waals surface area contributed by atoms with Crippen molar-refractivity contribution in [1.82, 2.24) is 15.1 Å². The molecule has 114 valence electrons. The summed E-state index contributed by atoms with van der Waals surface area (Å²) in [7, 11) is 0. The molecular formula is C14H13FN4O3. The number of fused-ring (bicyclic) bond motifs is 1. The summed E-state index contributed by atoms with van der Waals surface area (Å²) in [6, 6.07) is 1.98. The number of aromatic nitrogens is 2. The number of H-pyrrole nitrogens is 1. The fourth-order valence-corrected chi connectivity index (χ4v) is 2.71. The average molecular weight is 304 g/mol. The Kier molecular flexibility index (Phi) is 3.36. The third-order valence-electron chi connectivity index (χ3n) is 3.77. The van der Waals surface area contributed by atoms with Crippen molar-refractivity contribution in [3.05, 3.63) is 56.6 Å². The smallest absolute Gasteiger partial charge is 0.285 e. The molecule has 1 aliphatic rings. The van der Waals surface area contributed by atoms with Gasteiger partial charge in [0.15, 0.2) is 0 Å². The average Bonchev–Trinajstić information content (AvgIpc) is 2.92. The van der Waals surface area contributed by atoms with Gasteiger partial charge in [-0.05, 0) is 19.1 Å². The number of benzene rings is 1. The number of nitro benzene ring substituents is 1. The molecule has 1 aromatic carbocycles. The molecule has 0 bridgehead atoms. The summed E-state index contributed by atoms with van der Waals surface area (Å²) in [5, 5.41) is 18.0. The van der Waals surface area contributed by atoms with E-state index in [9.17, 15) is 19.3 Å². The molecule has 8 heteroatoms. The monoisotopic (exact) mass is 304 g/mol. The predicted molar refractivity (Wildman–Crippen MR) is 74.8 cm³/mol. The maximum absolute atomic E-state index is 13.6. The first-order chi connectivity index (χ1) is 10.5. The number of nitrogens with zero attached hydrogens (tertiary/aromatic N) is 3. The lowest BCUT2D eigenvalue weighted by Gasteiger charge is -2.26. The van der Waals surface area contributed by atoms with Gasteiger partial charge in [-0.3, -0.25) is 20.0 Å². The largest absolute Gasteiger partial charge is 0.334 e. The van der Waals surface area contributed by atoms with E-state index in [2.05, 4.69) is 10.2 Å². The summed E-state index contributed by atoms with van der Waals surface area (Å²) >= 11 is 0. The van der Waals surface area contributed by atoms with Crippen LogP contribution in [-0.4, -0.2) is 32.5 Å². The molecule has 1 N–H and O–H groups in total. The maximum Gasteiger partial charge on any atom is 0.285 e. The first-order valence-corrected chi connectivity index (χ1v) is 6.72. The number of carbonyl (C=O) groups is 1. The Labute approximate surface area is 124 Å². The molecule has 0 saturated carbocycles. The Balaban J connectivity index is 1.98. The van der Waals surface area contributed by atoms with Crippen molar-refractivity contribution >= 4 is 11.6 Å². The lowest BCUT2D eigenvalue weighted by Crippen LogP contribution is -2.36. The van der Waals surface area contributed by atoms with E-state index in [4.69, 9.17) is 0 Å². The minimum Gasteiger partial charge on any atom is -0.334 e. The van der Waals surface area contributed by atoms with Crippen molar-refractivity contribution in [3.63, 3.8) is 0 Å². The molecule has 0 aliphatic carbocycles. The number of aryl methyl sites for hydroxylation is 1. The molecule has 1 aromatic heterocycles. The highest BCUT2D eigenvalue weighted by atomic mass is 19.1. The van der Waals surface area contributed by atoms with Gasteiger partial charge in [-0.1, -0.05) is 0 Å². The van der Waals surface area contributed by atoms with E-state index in [-0.39, 0.29) is 16.8 Å². The molecule has 0 unspecified atom stereocenters. The van der Waals surface area contributed by atoms with Gasteiger partial charge in [-0.2, -0.15) is 5.10 Å². The molecule has 1 amide bonds. The fraction of sp³-hybridized carbons (Fsp3) is 0.286. The van der Waals surface area contributed by atoms with Crippen LogP contribution < -0.4 is 0 Å². The van der Waals surface area contributed by atoms with E-state index < -0.39 is 16.6 Å². The Hall–Kier alpha value is -2.77. The number of hydrogen-bond donors (Lipinski definition) is 1. The zero-order chi connectivity index (χ0) is 15.9. The van der Waals surface area contributed by atoms with Gasteiger partial charge >= 0.3 is 0 Å². The number of carbonyl (C=O) groups excluding carboxylic acids is 1. The summed E-state index contributed by atoms with van der Waals surface area (Å²) in [6.45, 7) is 2.13. The van der Waals surface area contributed by atoms with Gasteiger partial charge in [0.25, 0.3) is 11.6 Å². The number of hydrogen-bond acceptors (Lipinski definition) is 4. The minimum absolute atomic E-state index is 0.134. The van der Waals surface area contributed by atoms with E-state index in [1.54, 1.807) is 6.20 Å². The number of aromatic amines is 1. The number of amides is 1. The lowest BCUT2D eigenvalue weighted by atomic mass is 10.0. The van der Waals surface area contributed by atoms with Crippen LogP contribution >= 0.6 is 0 Å². The molecule has 0 radical (unpaired) electrons. The number of nitro groups is 1. The molecule has 0 fully saturated rings. The minimum atomic E-state index is -0.660. The number of rotatable bonds is 2. The van der Waals surface area contributed by atoms with Gasteiger partial charge in [-0.25, -0.2) is 4.39 Å². The van der Waals surface area contributed by atoms with Crippen molar-refractivity contribution < 1.29 is 14.1 Å². The highest BCUT2D eigenvalue weighted by Crippen LogP contribution is 2.27. The molecule has 22 heavy (non-hydrogen) atoms. The molecule has 3 rings (SSSR count). The van der Waals surface area contributed by atoms with Crippen molar-refractivity contribution in [2.24, 2.45) is 0 Å². The number of nitrogens with one attached hydrogen (secondary N) is 1.